The molecule has 1 aromatic heterocycles. The first-order valence-electron chi connectivity index (χ1n) is 5.87. The predicted octanol–water partition coefficient (Wildman–Crippen LogP) is 3.68. The molecule has 3 rings (SSSR count). The number of fused-ring (bicyclic) bond motifs is 1. The van der Waals surface area contributed by atoms with Gasteiger partial charge in [0, 0.05) is 16.4 Å². The van der Waals surface area contributed by atoms with Crippen molar-refractivity contribution in [1.82, 2.24) is 0 Å². The zero-order valence-corrected chi connectivity index (χ0v) is 9.85. The van der Waals surface area contributed by atoms with Crippen LogP contribution in [0.25, 0.3) is 0 Å². The van der Waals surface area contributed by atoms with Crippen molar-refractivity contribution >= 4 is 17.1 Å². The highest BCUT2D eigenvalue weighted by Gasteiger charge is 2.54. The maximum absolute atomic E-state index is 12.3. The molecule has 2 heteroatoms. The molecule has 0 spiro atoms. The Morgan fingerprint density at radius 3 is 2.53 bits per heavy atom. The standard InChI is InChI=1S/C13H16OS/c1-8-9(6-7-15-8)13(14)12-10-4-2-3-5-11(10)12/h6-7,10-12H,2-5H2,1H3. The second-order valence-corrected chi connectivity index (χ2v) is 6.01. The highest BCUT2D eigenvalue weighted by Crippen LogP contribution is 2.56. The summed E-state index contributed by atoms with van der Waals surface area (Å²) in [5.74, 6) is 2.31. The number of hydrogen-bond acceptors (Lipinski definition) is 2. The lowest BCUT2D eigenvalue weighted by Gasteiger charge is -2.04. The van der Waals surface area contributed by atoms with Crippen molar-refractivity contribution in [3.63, 3.8) is 0 Å². The van der Waals surface area contributed by atoms with Crippen LogP contribution >= 0.6 is 11.3 Å². The van der Waals surface area contributed by atoms with Crippen LogP contribution in [0.4, 0.5) is 0 Å². The van der Waals surface area contributed by atoms with Crippen LogP contribution in [0.3, 0.4) is 0 Å². The van der Waals surface area contributed by atoms with Gasteiger partial charge in [-0.1, -0.05) is 12.8 Å². The molecular weight excluding hydrogens is 204 g/mol. The molecule has 0 aliphatic heterocycles. The zero-order chi connectivity index (χ0) is 10.4. The summed E-state index contributed by atoms with van der Waals surface area (Å²) in [6.07, 6.45) is 5.27. The van der Waals surface area contributed by atoms with E-state index >= 15 is 0 Å². The molecule has 0 amide bonds. The van der Waals surface area contributed by atoms with Crippen LogP contribution in [-0.2, 0) is 0 Å². The average Bonchev–Trinajstić information content (AvgIpc) is 2.83. The molecule has 0 aromatic carbocycles. The number of ketones is 1. The van der Waals surface area contributed by atoms with Gasteiger partial charge < -0.3 is 0 Å². The molecular formula is C13H16OS. The van der Waals surface area contributed by atoms with Crippen LogP contribution < -0.4 is 0 Å². The van der Waals surface area contributed by atoms with E-state index in [4.69, 9.17) is 0 Å². The quantitative estimate of drug-likeness (QED) is 0.695. The molecule has 0 bridgehead atoms. The van der Waals surface area contributed by atoms with Gasteiger partial charge >= 0.3 is 0 Å². The van der Waals surface area contributed by atoms with Gasteiger partial charge in [-0.2, -0.15) is 0 Å². The highest BCUT2D eigenvalue weighted by atomic mass is 32.1. The topological polar surface area (TPSA) is 17.1 Å². The lowest BCUT2D eigenvalue weighted by atomic mass is 10.0. The Morgan fingerprint density at radius 1 is 1.33 bits per heavy atom. The monoisotopic (exact) mass is 220 g/mol. The highest BCUT2D eigenvalue weighted by molar-refractivity contribution is 7.10. The van der Waals surface area contributed by atoms with Gasteiger partial charge in [-0.25, -0.2) is 0 Å². The van der Waals surface area contributed by atoms with Crippen LogP contribution in [0.15, 0.2) is 11.4 Å². The average molecular weight is 220 g/mol. The molecule has 2 unspecified atom stereocenters. The molecule has 80 valence electrons. The van der Waals surface area contributed by atoms with Crippen LogP contribution in [0.5, 0.6) is 0 Å². The Labute approximate surface area is 94.5 Å². The summed E-state index contributed by atoms with van der Waals surface area (Å²) in [6.45, 7) is 2.06. The summed E-state index contributed by atoms with van der Waals surface area (Å²) >= 11 is 1.69. The fourth-order valence-corrected chi connectivity index (χ4v) is 3.91. The second kappa shape index (κ2) is 3.44. The summed E-state index contributed by atoms with van der Waals surface area (Å²) in [4.78, 5) is 13.5. The number of carbonyl (C=O) groups is 1. The molecule has 15 heavy (non-hydrogen) atoms. The number of rotatable bonds is 2. The number of hydrogen-bond donors (Lipinski definition) is 0. The van der Waals surface area contributed by atoms with Crippen molar-refractivity contribution in [3.8, 4) is 0 Å². The number of Topliss-reactive ketones (excluding diaryl/α,β-unsaturated/α-hetero) is 1. The largest absolute Gasteiger partial charge is 0.294 e. The summed E-state index contributed by atoms with van der Waals surface area (Å²) in [6, 6.07) is 2.01. The van der Waals surface area contributed by atoms with E-state index in [0.717, 1.165) is 17.4 Å². The minimum Gasteiger partial charge on any atom is -0.294 e. The maximum atomic E-state index is 12.3. The van der Waals surface area contributed by atoms with E-state index in [1.54, 1.807) is 11.3 Å². The third-order valence-corrected chi connectivity index (χ3v) is 4.93. The van der Waals surface area contributed by atoms with Crippen molar-refractivity contribution < 1.29 is 4.79 Å². The second-order valence-electron chi connectivity index (χ2n) is 4.89. The number of carbonyl (C=O) groups excluding carboxylic acids is 1. The van der Waals surface area contributed by atoms with E-state index in [0.29, 0.717) is 11.7 Å². The summed E-state index contributed by atoms with van der Waals surface area (Å²) < 4.78 is 0. The third kappa shape index (κ3) is 1.46. The Hall–Kier alpha value is -0.630. The Kier molecular flexibility index (Phi) is 2.20. The van der Waals surface area contributed by atoms with Crippen LogP contribution in [0.1, 0.15) is 40.9 Å². The van der Waals surface area contributed by atoms with Crippen molar-refractivity contribution in [2.24, 2.45) is 17.8 Å². The smallest absolute Gasteiger partial charge is 0.167 e. The van der Waals surface area contributed by atoms with Gasteiger partial charge in [0.15, 0.2) is 5.78 Å². The number of thiophene rings is 1. The van der Waals surface area contributed by atoms with Gasteiger partial charge in [0.05, 0.1) is 0 Å². The first-order chi connectivity index (χ1) is 7.29. The molecule has 2 fully saturated rings. The molecule has 1 aromatic rings. The Morgan fingerprint density at radius 2 is 2.00 bits per heavy atom. The summed E-state index contributed by atoms with van der Waals surface area (Å²) in [7, 11) is 0. The van der Waals surface area contributed by atoms with Gasteiger partial charge in [-0.05, 0) is 43.0 Å². The minimum atomic E-state index is 0.390. The molecule has 2 atom stereocenters. The predicted molar refractivity (Wildman–Crippen MR) is 62.3 cm³/mol. The van der Waals surface area contributed by atoms with Crippen molar-refractivity contribution in [1.29, 1.82) is 0 Å². The lowest BCUT2D eigenvalue weighted by molar-refractivity contribution is 0.0956. The normalized spacial score (nSPS) is 33.5. The van der Waals surface area contributed by atoms with E-state index in [1.807, 2.05) is 11.4 Å². The fraction of sp³-hybridized carbons (Fsp3) is 0.615. The molecule has 1 heterocycles. The summed E-state index contributed by atoms with van der Waals surface area (Å²) in [5.41, 5.74) is 0.999. The van der Waals surface area contributed by atoms with Crippen LogP contribution in [0, 0.1) is 24.7 Å². The SMILES string of the molecule is Cc1sccc1C(=O)C1C2CCCCC21. The van der Waals surface area contributed by atoms with Gasteiger partial charge in [-0.15, -0.1) is 11.3 Å². The fourth-order valence-electron chi connectivity index (χ4n) is 3.20. The van der Waals surface area contributed by atoms with E-state index < -0.39 is 0 Å². The first kappa shape index (κ1) is 9.59. The zero-order valence-electron chi connectivity index (χ0n) is 9.03. The van der Waals surface area contributed by atoms with Gasteiger partial charge in [-0.3, -0.25) is 4.79 Å². The molecule has 1 nitrogen and oxygen atoms in total. The Bertz CT molecular complexity index is 381. The van der Waals surface area contributed by atoms with Gasteiger partial charge in [0.1, 0.15) is 0 Å². The van der Waals surface area contributed by atoms with Crippen molar-refractivity contribution in [3.05, 3.63) is 21.9 Å². The van der Waals surface area contributed by atoms with Gasteiger partial charge in [0.2, 0.25) is 0 Å². The molecule has 2 saturated carbocycles. The van der Waals surface area contributed by atoms with E-state index in [1.165, 1.54) is 30.6 Å². The molecule has 0 saturated heterocycles. The van der Waals surface area contributed by atoms with E-state index in [2.05, 4.69) is 6.92 Å². The summed E-state index contributed by atoms with van der Waals surface area (Å²) in [5, 5.41) is 2.04. The van der Waals surface area contributed by atoms with Crippen molar-refractivity contribution in [2.45, 2.75) is 32.6 Å². The van der Waals surface area contributed by atoms with Gasteiger partial charge in [0.25, 0.3) is 0 Å². The first-order valence-corrected chi connectivity index (χ1v) is 6.75. The van der Waals surface area contributed by atoms with E-state index in [9.17, 15) is 4.79 Å². The van der Waals surface area contributed by atoms with E-state index in [-0.39, 0.29) is 0 Å². The lowest BCUT2D eigenvalue weighted by Crippen LogP contribution is -2.04. The number of aryl methyl sites for hydroxylation is 1. The molecule has 2 aliphatic rings. The van der Waals surface area contributed by atoms with Crippen LogP contribution in [-0.4, -0.2) is 5.78 Å². The minimum absolute atomic E-state index is 0.390. The molecule has 2 aliphatic carbocycles. The van der Waals surface area contributed by atoms with Crippen molar-refractivity contribution in [2.75, 3.05) is 0 Å². The van der Waals surface area contributed by atoms with Crippen LogP contribution in [0.2, 0.25) is 0 Å². The maximum Gasteiger partial charge on any atom is 0.167 e. The Balaban J connectivity index is 1.79. The molecule has 0 N–H and O–H groups in total. The molecule has 0 radical (unpaired) electrons. The third-order valence-electron chi connectivity index (χ3n) is 4.08.